The van der Waals surface area contributed by atoms with E-state index in [9.17, 15) is 0 Å². The summed E-state index contributed by atoms with van der Waals surface area (Å²) in [5.74, 6) is 0. The summed E-state index contributed by atoms with van der Waals surface area (Å²) in [5.41, 5.74) is 12.4. The van der Waals surface area contributed by atoms with E-state index in [0.717, 1.165) is 24.2 Å². The zero-order chi connectivity index (χ0) is 25.4. The first-order chi connectivity index (χ1) is 18.8. The highest BCUT2D eigenvalue weighted by atomic mass is 14.9. The standard InChI is InChI=1S/C37H29N/c1-4-12-27(13-5-1)28-20-22-31(23-21-28)38-32-24-25-36-34(26-32)33-18-10-11-19-35(33)37(36,29-14-6-2-7-15-29)30-16-8-3-9-17-30/h1-2,4-8,10-26,38H,3,9H2. The SMILES string of the molecule is C1=CC(C2(c3ccccc3)c3ccccc3-c3cc(Nc4ccc(-c5ccccc5)cc4)ccc32)=CCC1. The quantitative estimate of drug-likeness (QED) is 0.260. The van der Waals surface area contributed by atoms with E-state index >= 15 is 0 Å². The van der Waals surface area contributed by atoms with Crippen molar-refractivity contribution in [3.8, 4) is 22.3 Å². The van der Waals surface area contributed by atoms with Gasteiger partial charge < -0.3 is 5.32 Å². The van der Waals surface area contributed by atoms with Crippen LogP contribution in [0.4, 0.5) is 11.4 Å². The van der Waals surface area contributed by atoms with E-state index in [2.05, 4.69) is 151 Å². The van der Waals surface area contributed by atoms with Crippen LogP contribution in [0.1, 0.15) is 29.5 Å². The highest BCUT2D eigenvalue weighted by Crippen LogP contribution is 2.57. The highest BCUT2D eigenvalue weighted by Gasteiger charge is 2.46. The fourth-order valence-corrected chi connectivity index (χ4v) is 6.27. The van der Waals surface area contributed by atoms with Gasteiger partial charge in [0.05, 0.1) is 5.41 Å². The normalized spacial score (nSPS) is 17.4. The Hall–Kier alpha value is -4.62. The first kappa shape index (κ1) is 22.6. The van der Waals surface area contributed by atoms with E-state index in [4.69, 9.17) is 0 Å². The number of nitrogens with one attached hydrogen (secondary N) is 1. The average molecular weight is 488 g/mol. The Bertz CT molecular complexity index is 1660. The topological polar surface area (TPSA) is 12.0 Å². The Kier molecular flexibility index (Phi) is 5.56. The molecule has 1 unspecified atom stereocenters. The van der Waals surface area contributed by atoms with E-state index in [1.165, 1.54) is 44.5 Å². The van der Waals surface area contributed by atoms with Crippen molar-refractivity contribution >= 4 is 11.4 Å². The number of rotatable bonds is 5. The smallest absolute Gasteiger partial charge is 0.0710 e. The molecule has 0 amide bonds. The van der Waals surface area contributed by atoms with Crippen molar-refractivity contribution in [3.05, 3.63) is 168 Å². The van der Waals surface area contributed by atoms with Crippen LogP contribution in [0.2, 0.25) is 0 Å². The van der Waals surface area contributed by atoms with Crippen LogP contribution < -0.4 is 5.32 Å². The number of fused-ring (bicyclic) bond motifs is 3. The monoisotopic (exact) mass is 487 g/mol. The van der Waals surface area contributed by atoms with Crippen LogP contribution >= 0.6 is 0 Å². The van der Waals surface area contributed by atoms with Crippen LogP contribution in [-0.2, 0) is 5.41 Å². The summed E-state index contributed by atoms with van der Waals surface area (Å²) in [6.45, 7) is 0. The van der Waals surface area contributed by atoms with Crippen molar-refractivity contribution in [1.82, 2.24) is 0 Å². The van der Waals surface area contributed by atoms with E-state index in [1.54, 1.807) is 0 Å². The van der Waals surface area contributed by atoms with Crippen LogP contribution in [0.3, 0.4) is 0 Å². The number of hydrogen-bond acceptors (Lipinski definition) is 1. The third-order valence-electron chi connectivity index (χ3n) is 7.96. The van der Waals surface area contributed by atoms with Gasteiger partial charge in [0.25, 0.3) is 0 Å². The molecular formula is C37H29N. The van der Waals surface area contributed by atoms with Crippen LogP contribution in [-0.4, -0.2) is 0 Å². The molecule has 2 aliphatic carbocycles. The van der Waals surface area contributed by atoms with E-state index in [1.807, 2.05) is 0 Å². The Morgan fingerprint density at radius 1 is 0.526 bits per heavy atom. The zero-order valence-corrected chi connectivity index (χ0v) is 21.3. The summed E-state index contributed by atoms with van der Waals surface area (Å²) in [6, 6.07) is 46.1. The van der Waals surface area contributed by atoms with Crippen molar-refractivity contribution in [3.63, 3.8) is 0 Å². The molecule has 1 atom stereocenters. The zero-order valence-electron chi connectivity index (χ0n) is 21.3. The second-order valence-corrected chi connectivity index (χ2v) is 10.1. The minimum atomic E-state index is -0.306. The van der Waals surface area contributed by atoms with Gasteiger partial charge in [-0.05, 0) is 81.6 Å². The maximum atomic E-state index is 3.66. The Labute approximate surface area is 224 Å². The lowest BCUT2D eigenvalue weighted by Gasteiger charge is -2.35. The molecule has 0 fully saturated rings. The van der Waals surface area contributed by atoms with E-state index in [-0.39, 0.29) is 5.41 Å². The minimum Gasteiger partial charge on any atom is -0.356 e. The third kappa shape index (κ3) is 3.63. The summed E-state index contributed by atoms with van der Waals surface area (Å²) in [7, 11) is 0. The van der Waals surface area contributed by atoms with Crippen molar-refractivity contribution < 1.29 is 0 Å². The van der Waals surface area contributed by atoms with Gasteiger partial charge in [0, 0.05) is 11.4 Å². The molecule has 2 aliphatic rings. The van der Waals surface area contributed by atoms with Gasteiger partial charge in [-0.1, -0.05) is 121 Å². The number of hydrogen-bond donors (Lipinski definition) is 1. The largest absolute Gasteiger partial charge is 0.356 e. The molecule has 1 N–H and O–H groups in total. The van der Waals surface area contributed by atoms with Crippen molar-refractivity contribution in [1.29, 1.82) is 0 Å². The maximum absolute atomic E-state index is 3.66. The van der Waals surface area contributed by atoms with Gasteiger partial charge in [-0.15, -0.1) is 0 Å². The first-order valence-electron chi connectivity index (χ1n) is 13.4. The molecule has 1 heteroatoms. The molecule has 7 rings (SSSR count). The van der Waals surface area contributed by atoms with Gasteiger partial charge in [0.15, 0.2) is 0 Å². The summed E-state index contributed by atoms with van der Waals surface area (Å²) >= 11 is 0. The van der Waals surface area contributed by atoms with Crippen molar-refractivity contribution in [2.75, 3.05) is 5.32 Å². The van der Waals surface area contributed by atoms with Crippen LogP contribution in [0, 0.1) is 0 Å². The third-order valence-corrected chi connectivity index (χ3v) is 7.96. The predicted octanol–water partition coefficient (Wildman–Crippen LogP) is 9.69. The van der Waals surface area contributed by atoms with Gasteiger partial charge in [-0.2, -0.15) is 0 Å². The Morgan fingerprint density at radius 3 is 1.95 bits per heavy atom. The van der Waals surface area contributed by atoms with E-state index in [0.29, 0.717) is 0 Å². The van der Waals surface area contributed by atoms with E-state index < -0.39 is 0 Å². The lowest BCUT2D eigenvalue weighted by molar-refractivity contribution is 0.751. The van der Waals surface area contributed by atoms with Crippen LogP contribution in [0.15, 0.2) is 151 Å². The molecule has 0 aromatic heterocycles. The molecule has 0 heterocycles. The van der Waals surface area contributed by atoms with Gasteiger partial charge in [0.2, 0.25) is 0 Å². The van der Waals surface area contributed by atoms with Crippen molar-refractivity contribution in [2.24, 2.45) is 0 Å². The Morgan fingerprint density at radius 2 is 1.18 bits per heavy atom. The van der Waals surface area contributed by atoms with Gasteiger partial charge in [-0.25, -0.2) is 0 Å². The molecule has 5 aromatic carbocycles. The summed E-state index contributed by atoms with van der Waals surface area (Å²) in [5, 5.41) is 3.66. The summed E-state index contributed by atoms with van der Waals surface area (Å²) < 4.78 is 0. The second-order valence-electron chi connectivity index (χ2n) is 10.1. The number of allylic oxidation sites excluding steroid dienone is 4. The lowest BCUT2D eigenvalue weighted by Crippen LogP contribution is -2.29. The first-order valence-corrected chi connectivity index (χ1v) is 13.4. The molecular weight excluding hydrogens is 458 g/mol. The maximum Gasteiger partial charge on any atom is 0.0710 e. The molecule has 0 aliphatic heterocycles. The van der Waals surface area contributed by atoms with Crippen molar-refractivity contribution in [2.45, 2.75) is 18.3 Å². The Balaban J connectivity index is 1.33. The molecule has 5 aromatic rings. The number of benzene rings is 5. The highest BCUT2D eigenvalue weighted by molar-refractivity contribution is 5.88. The van der Waals surface area contributed by atoms with Gasteiger partial charge in [-0.3, -0.25) is 0 Å². The average Bonchev–Trinajstić information content (AvgIpc) is 3.29. The molecule has 1 nitrogen and oxygen atoms in total. The lowest BCUT2D eigenvalue weighted by atomic mass is 9.66. The number of anilines is 2. The molecule has 0 bridgehead atoms. The minimum absolute atomic E-state index is 0.306. The van der Waals surface area contributed by atoms with Gasteiger partial charge in [0.1, 0.15) is 0 Å². The van der Waals surface area contributed by atoms with Crippen LogP contribution in [0.25, 0.3) is 22.3 Å². The molecule has 0 saturated heterocycles. The summed E-state index contributed by atoms with van der Waals surface area (Å²) in [4.78, 5) is 0. The van der Waals surface area contributed by atoms with Crippen LogP contribution in [0.5, 0.6) is 0 Å². The fourth-order valence-electron chi connectivity index (χ4n) is 6.27. The molecule has 0 radical (unpaired) electrons. The fraction of sp³-hybridized carbons (Fsp3) is 0.0811. The predicted molar refractivity (Wildman–Crippen MR) is 160 cm³/mol. The second kappa shape index (κ2) is 9.36. The molecule has 0 saturated carbocycles. The molecule has 182 valence electrons. The summed E-state index contributed by atoms with van der Waals surface area (Å²) in [6.07, 6.45) is 9.31. The van der Waals surface area contributed by atoms with Gasteiger partial charge >= 0.3 is 0 Å². The molecule has 38 heavy (non-hydrogen) atoms. The molecule has 0 spiro atoms.